The van der Waals surface area contributed by atoms with Crippen molar-refractivity contribution in [2.45, 2.75) is 0 Å². The number of aromatic nitrogens is 1. The minimum absolute atomic E-state index is 0.340. The zero-order valence-corrected chi connectivity index (χ0v) is 12.8. The van der Waals surface area contributed by atoms with Gasteiger partial charge in [-0.1, -0.05) is 48.5 Å². The lowest BCUT2D eigenvalue weighted by molar-refractivity contribution is 0.100. The van der Waals surface area contributed by atoms with Crippen molar-refractivity contribution in [3.8, 4) is 22.6 Å². The summed E-state index contributed by atoms with van der Waals surface area (Å²) in [4.78, 5) is 16.0. The van der Waals surface area contributed by atoms with Crippen LogP contribution >= 0.6 is 0 Å². The highest BCUT2D eigenvalue weighted by Crippen LogP contribution is 2.28. The second kappa shape index (κ2) is 5.66. The van der Waals surface area contributed by atoms with Crippen molar-refractivity contribution >= 4 is 17.0 Å². The summed E-state index contributed by atoms with van der Waals surface area (Å²) in [6.07, 6.45) is 0. The number of hydrogen-bond acceptors (Lipinski definition) is 3. The largest absolute Gasteiger partial charge is 0.435 e. The highest BCUT2D eigenvalue weighted by atomic mass is 16.3. The Balaban J connectivity index is 1.75. The predicted octanol–water partition coefficient (Wildman–Crippen LogP) is 4.26. The zero-order valence-electron chi connectivity index (χ0n) is 12.8. The fourth-order valence-corrected chi connectivity index (χ4v) is 2.70. The van der Waals surface area contributed by atoms with Crippen LogP contribution in [0.4, 0.5) is 0 Å². The molecule has 0 spiro atoms. The van der Waals surface area contributed by atoms with E-state index in [1.54, 1.807) is 18.2 Å². The van der Waals surface area contributed by atoms with Crippen LogP contribution in [-0.4, -0.2) is 10.9 Å². The standard InChI is InChI=1S/C20H14N2O2/c21-19(23)16-7-4-8-17-18(16)24-20(22-17)15-11-9-14(10-12-15)13-5-2-1-3-6-13/h1-12H,(H2,21,23). The predicted molar refractivity (Wildman–Crippen MR) is 93.4 cm³/mol. The Morgan fingerprint density at radius 2 is 1.46 bits per heavy atom. The molecule has 4 nitrogen and oxygen atoms in total. The van der Waals surface area contributed by atoms with Gasteiger partial charge in [0.05, 0.1) is 5.56 Å². The number of nitrogens with two attached hydrogens (primary N) is 1. The molecule has 0 aliphatic heterocycles. The number of carbonyl (C=O) groups excluding carboxylic acids is 1. The van der Waals surface area contributed by atoms with Crippen molar-refractivity contribution in [3.05, 3.63) is 78.4 Å². The third kappa shape index (κ3) is 2.44. The lowest BCUT2D eigenvalue weighted by Gasteiger charge is -2.02. The van der Waals surface area contributed by atoms with Crippen LogP contribution in [0.2, 0.25) is 0 Å². The number of hydrogen-bond donors (Lipinski definition) is 1. The number of para-hydroxylation sites is 1. The van der Waals surface area contributed by atoms with Crippen molar-refractivity contribution < 1.29 is 9.21 Å². The molecule has 0 atom stereocenters. The third-order valence-electron chi connectivity index (χ3n) is 3.92. The Hall–Kier alpha value is -3.40. The van der Waals surface area contributed by atoms with Gasteiger partial charge in [-0.25, -0.2) is 4.98 Å². The van der Waals surface area contributed by atoms with E-state index in [1.807, 2.05) is 42.5 Å². The summed E-state index contributed by atoms with van der Waals surface area (Å²) in [5, 5.41) is 0. The number of carbonyl (C=O) groups is 1. The van der Waals surface area contributed by atoms with Crippen LogP contribution in [0.1, 0.15) is 10.4 Å². The molecule has 0 fully saturated rings. The number of rotatable bonds is 3. The van der Waals surface area contributed by atoms with Crippen LogP contribution in [0.3, 0.4) is 0 Å². The fourth-order valence-electron chi connectivity index (χ4n) is 2.70. The molecule has 0 saturated carbocycles. The molecule has 0 aliphatic carbocycles. The number of fused-ring (bicyclic) bond motifs is 1. The van der Waals surface area contributed by atoms with Crippen molar-refractivity contribution in [1.82, 2.24) is 4.98 Å². The molecule has 1 amide bonds. The minimum Gasteiger partial charge on any atom is -0.435 e. The average Bonchev–Trinajstić information content (AvgIpc) is 3.06. The molecule has 24 heavy (non-hydrogen) atoms. The molecule has 0 saturated heterocycles. The average molecular weight is 314 g/mol. The Kier molecular flexibility index (Phi) is 3.35. The first kappa shape index (κ1) is 14.2. The number of oxazole rings is 1. The summed E-state index contributed by atoms with van der Waals surface area (Å²) in [6, 6.07) is 23.3. The van der Waals surface area contributed by atoms with Gasteiger partial charge >= 0.3 is 0 Å². The molecule has 0 bridgehead atoms. The van der Waals surface area contributed by atoms with Gasteiger partial charge in [0.1, 0.15) is 5.52 Å². The van der Waals surface area contributed by atoms with Crippen LogP contribution in [0.5, 0.6) is 0 Å². The van der Waals surface area contributed by atoms with Crippen molar-refractivity contribution in [2.24, 2.45) is 5.73 Å². The van der Waals surface area contributed by atoms with Gasteiger partial charge in [0.15, 0.2) is 5.58 Å². The van der Waals surface area contributed by atoms with Gasteiger partial charge in [0, 0.05) is 5.56 Å². The highest BCUT2D eigenvalue weighted by Gasteiger charge is 2.14. The van der Waals surface area contributed by atoms with Gasteiger partial charge in [0.25, 0.3) is 5.91 Å². The van der Waals surface area contributed by atoms with E-state index in [4.69, 9.17) is 10.2 Å². The summed E-state index contributed by atoms with van der Waals surface area (Å²) in [7, 11) is 0. The molecule has 0 aliphatic rings. The lowest BCUT2D eigenvalue weighted by atomic mass is 10.0. The van der Waals surface area contributed by atoms with Crippen molar-refractivity contribution in [3.63, 3.8) is 0 Å². The van der Waals surface area contributed by atoms with E-state index in [-0.39, 0.29) is 0 Å². The second-order valence-corrected chi connectivity index (χ2v) is 5.48. The number of primary amides is 1. The SMILES string of the molecule is NC(=O)c1cccc2nc(-c3ccc(-c4ccccc4)cc3)oc12. The maximum absolute atomic E-state index is 11.5. The Morgan fingerprint density at radius 3 is 2.17 bits per heavy atom. The minimum atomic E-state index is -0.525. The summed E-state index contributed by atoms with van der Waals surface area (Å²) < 4.78 is 5.78. The first-order valence-corrected chi connectivity index (χ1v) is 7.57. The molecule has 116 valence electrons. The molecule has 2 N–H and O–H groups in total. The topological polar surface area (TPSA) is 69.1 Å². The first-order valence-electron chi connectivity index (χ1n) is 7.57. The molecule has 0 unspecified atom stereocenters. The number of amides is 1. The van der Waals surface area contributed by atoms with E-state index in [0.29, 0.717) is 22.6 Å². The second-order valence-electron chi connectivity index (χ2n) is 5.48. The van der Waals surface area contributed by atoms with E-state index < -0.39 is 5.91 Å². The van der Waals surface area contributed by atoms with Crippen LogP contribution in [0.25, 0.3) is 33.7 Å². The number of benzene rings is 3. The van der Waals surface area contributed by atoms with Gasteiger partial charge in [-0.05, 0) is 35.4 Å². The van der Waals surface area contributed by atoms with Crippen LogP contribution in [0, 0.1) is 0 Å². The van der Waals surface area contributed by atoms with Gasteiger partial charge in [-0.15, -0.1) is 0 Å². The molecular weight excluding hydrogens is 300 g/mol. The molecule has 4 heteroatoms. The van der Waals surface area contributed by atoms with Gasteiger partial charge in [0.2, 0.25) is 5.89 Å². The molecule has 1 heterocycles. The molecule has 4 rings (SSSR count). The van der Waals surface area contributed by atoms with Gasteiger partial charge in [-0.2, -0.15) is 0 Å². The van der Waals surface area contributed by atoms with E-state index in [9.17, 15) is 4.79 Å². The smallest absolute Gasteiger partial charge is 0.252 e. The van der Waals surface area contributed by atoms with E-state index >= 15 is 0 Å². The monoisotopic (exact) mass is 314 g/mol. The summed E-state index contributed by atoms with van der Waals surface area (Å²) >= 11 is 0. The van der Waals surface area contributed by atoms with Crippen LogP contribution < -0.4 is 5.73 Å². The lowest BCUT2D eigenvalue weighted by Crippen LogP contribution is -2.10. The van der Waals surface area contributed by atoms with Crippen molar-refractivity contribution in [2.75, 3.05) is 0 Å². The third-order valence-corrected chi connectivity index (χ3v) is 3.92. The number of nitrogens with zero attached hydrogens (tertiary/aromatic N) is 1. The molecule has 4 aromatic rings. The normalized spacial score (nSPS) is 10.8. The molecule has 1 aromatic heterocycles. The van der Waals surface area contributed by atoms with Crippen LogP contribution in [-0.2, 0) is 0 Å². The summed E-state index contributed by atoms with van der Waals surface area (Å²) in [5.74, 6) is -0.0546. The maximum atomic E-state index is 11.5. The Morgan fingerprint density at radius 1 is 0.792 bits per heavy atom. The Labute approximate surface area is 138 Å². The quantitative estimate of drug-likeness (QED) is 0.614. The van der Waals surface area contributed by atoms with E-state index in [2.05, 4.69) is 17.1 Å². The van der Waals surface area contributed by atoms with Gasteiger partial charge < -0.3 is 10.2 Å². The molecule has 3 aromatic carbocycles. The molecular formula is C20H14N2O2. The fraction of sp³-hybridized carbons (Fsp3) is 0. The summed E-state index contributed by atoms with van der Waals surface area (Å²) in [6.45, 7) is 0. The van der Waals surface area contributed by atoms with Crippen molar-refractivity contribution in [1.29, 1.82) is 0 Å². The highest BCUT2D eigenvalue weighted by molar-refractivity contribution is 6.03. The first-order chi connectivity index (χ1) is 11.7. The van der Waals surface area contributed by atoms with Gasteiger partial charge in [-0.3, -0.25) is 4.79 Å². The van der Waals surface area contributed by atoms with Crippen LogP contribution in [0.15, 0.2) is 77.2 Å². The molecule has 0 radical (unpaired) electrons. The maximum Gasteiger partial charge on any atom is 0.252 e. The van der Waals surface area contributed by atoms with E-state index in [1.165, 1.54) is 0 Å². The summed E-state index contributed by atoms with van der Waals surface area (Å²) in [5.41, 5.74) is 9.89. The van der Waals surface area contributed by atoms with E-state index in [0.717, 1.165) is 16.7 Å². The zero-order chi connectivity index (χ0) is 16.5. The Bertz CT molecular complexity index is 1020.